The van der Waals surface area contributed by atoms with Crippen LogP contribution in [-0.2, 0) is 11.2 Å². The monoisotopic (exact) mass is 248 g/mol. The highest BCUT2D eigenvalue weighted by atomic mass is 16.5. The molecule has 0 heterocycles. The summed E-state index contributed by atoms with van der Waals surface area (Å²) in [5, 5.41) is 9.41. The van der Waals surface area contributed by atoms with Crippen LogP contribution in [-0.4, -0.2) is 23.9 Å². The highest BCUT2D eigenvalue weighted by molar-refractivity contribution is 5.14. The molecule has 100 valence electrons. The van der Waals surface area contributed by atoms with Gasteiger partial charge in [0.15, 0.2) is 0 Å². The van der Waals surface area contributed by atoms with Crippen molar-refractivity contribution in [3.63, 3.8) is 0 Å². The molecule has 1 saturated carbocycles. The summed E-state index contributed by atoms with van der Waals surface area (Å²) in [6.07, 6.45) is 7.66. The lowest BCUT2D eigenvalue weighted by molar-refractivity contribution is -0.00431. The smallest absolute Gasteiger partial charge is 0.0577 e. The SMILES string of the molecule is OC1CCC(OCCCCc2ccccc2)CC1. The zero-order valence-corrected chi connectivity index (χ0v) is 11.1. The minimum Gasteiger partial charge on any atom is -0.393 e. The van der Waals surface area contributed by atoms with E-state index in [4.69, 9.17) is 4.74 Å². The normalized spacial score (nSPS) is 24.1. The van der Waals surface area contributed by atoms with Gasteiger partial charge in [-0.15, -0.1) is 0 Å². The quantitative estimate of drug-likeness (QED) is 0.782. The molecule has 0 unspecified atom stereocenters. The van der Waals surface area contributed by atoms with Gasteiger partial charge in [-0.05, 0) is 50.5 Å². The van der Waals surface area contributed by atoms with Crippen molar-refractivity contribution >= 4 is 0 Å². The summed E-state index contributed by atoms with van der Waals surface area (Å²) in [5.41, 5.74) is 1.42. The molecule has 1 aromatic carbocycles. The Labute approximate surface area is 110 Å². The van der Waals surface area contributed by atoms with Gasteiger partial charge >= 0.3 is 0 Å². The van der Waals surface area contributed by atoms with E-state index in [1.165, 1.54) is 12.0 Å². The molecule has 0 aliphatic heterocycles. The van der Waals surface area contributed by atoms with Crippen molar-refractivity contribution in [3.8, 4) is 0 Å². The zero-order valence-electron chi connectivity index (χ0n) is 11.1. The van der Waals surface area contributed by atoms with E-state index in [9.17, 15) is 5.11 Å². The van der Waals surface area contributed by atoms with Crippen molar-refractivity contribution in [1.82, 2.24) is 0 Å². The first-order valence-electron chi connectivity index (χ1n) is 7.18. The third kappa shape index (κ3) is 4.79. The first-order chi connectivity index (χ1) is 8.84. The summed E-state index contributed by atoms with van der Waals surface area (Å²) in [6, 6.07) is 10.6. The van der Waals surface area contributed by atoms with Crippen LogP contribution in [0.2, 0.25) is 0 Å². The fourth-order valence-corrected chi connectivity index (χ4v) is 2.54. The summed E-state index contributed by atoms with van der Waals surface area (Å²) in [4.78, 5) is 0. The summed E-state index contributed by atoms with van der Waals surface area (Å²) >= 11 is 0. The largest absolute Gasteiger partial charge is 0.393 e. The second-order valence-corrected chi connectivity index (χ2v) is 5.24. The van der Waals surface area contributed by atoms with E-state index in [-0.39, 0.29) is 6.10 Å². The lowest BCUT2D eigenvalue weighted by Gasteiger charge is -2.25. The van der Waals surface area contributed by atoms with Crippen LogP contribution in [0.3, 0.4) is 0 Å². The average molecular weight is 248 g/mol. The molecule has 0 radical (unpaired) electrons. The van der Waals surface area contributed by atoms with Crippen molar-refractivity contribution in [2.75, 3.05) is 6.61 Å². The molecule has 0 aromatic heterocycles. The molecule has 2 nitrogen and oxygen atoms in total. The molecule has 1 N–H and O–H groups in total. The number of hydrogen-bond acceptors (Lipinski definition) is 2. The molecule has 0 amide bonds. The van der Waals surface area contributed by atoms with Gasteiger partial charge < -0.3 is 9.84 Å². The fourth-order valence-electron chi connectivity index (χ4n) is 2.54. The van der Waals surface area contributed by atoms with E-state index >= 15 is 0 Å². The summed E-state index contributed by atoms with van der Waals surface area (Å²) in [5.74, 6) is 0. The van der Waals surface area contributed by atoms with Crippen molar-refractivity contribution in [2.45, 2.75) is 57.2 Å². The molecule has 2 rings (SSSR count). The number of unbranched alkanes of at least 4 members (excludes halogenated alkanes) is 1. The van der Waals surface area contributed by atoms with E-state index in [1.54, 1.807) is 0 Å². The number of aliphatic hydroxyl groups is 1. The van der Waals surface area contributed by atoms with Crippen LogP contribution in [0.4, 0.5) is 0 Å². The molecule has 0 saturated heterocycles. The molecular weight excluding hydrogens is 224 g/mol. The molecule has 1 fully saturated rings. The van der Waals surface area contributed by atoms with Gasteiger partial charge in [-0.3, -0.25) is 0 Å². The lowest BCUT2D eigenvalue weighted by Crippen LogP contribution is -2.24. The maximum absolute atomic E-state index is 9.41. The fraction of sp³-hybridized carbons (Fsp3) is 0.625. The maximum atomic E-state index is 9.41. The maximum Gasteiger partial charge on any atom is 0.0577 e. The van der Waals surface area contributed by atoms with Gasteiger partial charge in [0, 0.05) is 6.61 Å². The van der Waals surface area contributed by atoms with Gasteiger partial charge in [0.1, 0.15) is 0 Å². The Balaban J connectivity index is 1.51. The van der Waals surface area contributed by atoms with Crippen molar-refractivity contribution in [2.24, 2.45) is 0 Å². The van der Waals surface area contributed by atoms with Gasteiger partial charge in [0.05, 0.1) is 12.2 Å². The summed E-state index contributed by atoms with van der Waals surface area (Å²) in [7, 11) is 0. The minimum absolute atomic E-state index is 0.0806. The number of ether oxygens (including phenoxy) is 1. The minimum atomic E-state index is -0.0806. The molecule has 0 atom stereocenters. The van der Waals surface area contributed by atoms with Crippen LogP contribution in [0, 0.1) is 0 Å². The Morgan fingerprint density at radius 3 is 2.44 bits per heavy atom. The molecule has 1 aromatic rings. The molecule has 0 bridgehead atoms. The van der Waals surface area contributed by atoms with Gasteiger partial charge in [-0.2, -0.15) is 0 Å². The highest BCUT2D eigenvalue weighted by Crippen LogP contribution is 2.21. The topological polar surface area (TPSA) is 29.5 Å². The molecule has 1 aliphatic rings. The predicted molar refractivity (Wildman–Crippen MR) is 73.6 cm³/mol. The van der Waals surface area contributed by atoms with Gasteiger partial charge in [0.25, 0.3) is 0 Å². The van der Waals surface area contributed by atoms with E-state index in [0.29, 0.717) is 6.10 Å². The van der Waals surface area contributed by atoms with Crippen molar-refractivity contribution < 1.29 is 9.84 Å². The third-order valence-electron chi connectivity index (χ3n) is 3.70. The molecule has 1 aliphatic carbocycles. The first-order valence-corrected chi connectivity index (χ1v) is 7.18. The van der Waals surface area contributed by atoms with Crippen LogP contribution >= 0.6 is 0 Å². The van der Waals surface area contributed by atoms with E-state index < -0.39 is 0 Å². The summed E-state index contributed by atoms with van der Waals surface area (Å²) in [6.45, 7) is 0.869. The van der Waals surface area contributed by atoms with E-state index in [0.717, 1.165) is 45.1 Å². The van der Waals surface area contributed by atoms with E-state index in [2.05, 4.69) is 30.3 Å². The van der Waals surface area contributed by atoms with Crippen LogP contribution < -0.4 is 0 Å². The van der Waals surface area contributed by atoms with Gasteiger partial charge in [0.2, 0.25) is 0 Å². The number of aryl methyl sites for hydroxylation is 1. The Hall–Kier alpha value is -0.860. The Bertz CT molecular complexity index is 315. The van der Waals surface area contributed by atoms with Crippen molar-refractivity contribution in [3.05, 3.63) is 35.9 Å². The van der Waals surface area contributed by atoms with Crippen LogP contribution in [0.5, 0.6) is 0 Å². The Morgan fingerprint density at radius 2 is 1.72 bits per heavy atom. The standard InChI is InChI=1S/C16H24O2/c17-15-9-11-16(12-10-15)18-13-5-4-8-14-6-2-1-3-7-14/h1-3,6-7,15-17H,4-5,8-13H2. The highest BCUT2D eigenvalue weighted by Gasteiger charge is 2.19. The molecule has 2 heteroatoms. The van der Waals surface area contributed by atoms with Crippen LogP contribution in [0.1, 0.15) is 44.1 Å². The average Bonchev–Trinajstić information content (AvgIpc) is 2.42. The second kappa shape index (κ2) is 7.55. The summed E-state index contributed by atoms with van der Waals surface area (Å²) < 4.78 is 5.86. The Morgan fingerprint density at radius 1 is 1.00 bits per heavy atom. The van der Waals surface area contributed by atoms with Crippen LogP contribution in [0.15, 0.2) is 30.3 Å². The zero-order chi connectivity index (χ0) is 12.6. The third-order valence-corrected chi connectivity index (χ3v) is 3.70. The van der Waals surface area contributed by atoms with Gasteiger partial charge in [-0.25, -0.2) is 0 Å². The molecule has 18 heavy (non-hydrogen) atoms. The number of benzene rings is 1. The molecular formula is C16H24O2. The number of hydrogen-bond donors (Lipinski definition) is 1. The Kier molecular flexibility index (Phi) is 5.69. The number of aliphatic hydroxyl groups excluding tert-OH is 1. The van der Waals surface area contributed by atoms with Crippen molar-refractivity contribution in [1.29, 1.82) is 0 Å². The second-order valence-electron chi connectivity index (χ2n) is 5.24. The van der Waals surface area contributed by atoms with E-state index in [1.807, 2.05) is 0 Å². The lowest BCUT2D eigenvalue weighted by atomic mass is 9.95. The van der Waals surface area contributed by atoms with Gasteiger partial charge in [-0.1, -0.05) is 30.3 Å². The first kappa shape index (κ1) is 13.6. The van der Waals surface area contributed by atoms with Crippen LogP contribution in [0.25, 0.3) is 0 Å². The predicted octanol–water partition coefficient (Wildman–Crippen LogP) is 3.33. The number of rotatable bonds is 6. The molecule has 0 spiro atoms.